The number of ether oxygens (including phenoxy) is 1. The number of carbonyl (C=O) groups excluding carboxylic acids is 2. The summed E-state index contributed by atoms with van der Waals surface area (Å²) in [4.78, 5) is 29.2. The molecule has 0 aliphatic heterocycles. The van der Waals surface area contributed by atoms with E-state index in [9.17, 15) is 18.0 Å². The standard InChI is InChI=1S/C33H41N3O5S/c1-24-15-20-31(25(2)21-24)36(42(39,40)30-13-9-6-10-14-30)23-32(37)35(22-27-16-18-29(41-4)19-17-27)26(3)33(38)34-28-11-7-5-8-12-28/h6,9-10,13-21,26,28H,5,7-8,11-12,22-23H2,1-4H3,(H,34,38). The zero-order valence-electron chi connectivity index (χ0n) is 24.9. The third-order valence-electron chi connectivity index (χ3n) is 7.86. The van der Waals surface area contributed by atoms with Crippen LogP contribution in [0.5, 0.6) is 5.75 Å². The van der Waals surface area contributed by atoms with Crippen LogP contribution in [0.2, 0.25) is 0 Å². The summed E-state index contributed by atoms with van der Waals surface area (Å²) < 4.78 is 34.4. The number of methoxy groups -OCH3 is 1. The molecular weight excluding hydrogens is 550 g/mol. The number of nitrogens with one attached hydrogen (secondary N) is 1. The zero-order chi connectivity index (χ0) is 30.3. The molecule has 224 valence electrons. The maximum atomic E-state index is 14.2. The van der Waals surface area contributed by atoms with E-state index in [1.54, 1.807) is 50.4 Å². The molecular formula is C33H41N3O5S. The smallest absolute Gasteiger partial charge is 0.264 e. The number of hydrogen-bond donors (Lipinski definition) is 1. The van der Waals surface area contributed by atoms with E-state index in [0.717, 1.165) is 53.1 Å². The highest BCUT2D eigenvalue weighted by Gasteiger charge is 2.33. The van der Waals surface area contributed by atoms with E-state index in [2.05, 4.69) is 5.32 Å². The minimum absolute atomic E-state index is 0.0804. The lowest BCUT2D eigenvalue weighted by atomic mass is 9.95. The Balaban J connectivity index is 1.69. The van der Waals surface area contributed by atoms with Crippen LogP contribution >= 0.6 is 0 Å². The van der Waals surface area contributed by atoms with Gasteiger partial charge in [0.2, 0.25) is 11.8 Å². The monoisotopic (exact) mass is 591 g/mol. The third-order valence-corrected chi connectivity index (χ3v) is 9.64. The molecule has 1 atom stereocenters. The van der Waals surface area contributed by atoms with Gasteiger partial charge < -0.3 is 15.0 Å². The Morgan fingerprint density at radius 2 is 1.62 bits per heavy atom. The number of sulfonamides is 1. The second kappa shape index (κ2) is 13.9. The van der Waals surface area contributed by atoms with E-state index in [-0.39, 0.29) is 23.4 Å². The van der Waals surface area contributed by atoms with Crippen molar-refractivity contribution < 1.29 is 22.7 Å². The number of anilines is 1. The molecule has 1 N–H and O–H groups in total. The van der Waals surface area contributed by atoms with Gasteiger partial charge in [0.25, 0.3) is 10.0 Å². The Hall–Kier alpha value is -3.85. The molecule has 0 aromatic heterocycles. The van der Waals surface area contributed by atoms with Crippen LogP contribution in [0, 0.1) is 13.8 Å². The van der Waals surface area contributed by atoms with Crippen LogP contribution in [0.1, 0.15) is 55.7 Å². The fourth-order valence-corrected chi connectivity index (χ4v) is 6.90. The van der Waals surface area contributed by atoms with Crippen molar-refractivity contribution in [1.29, 1.82) is 0 Å². The topological polar surface area (TPSA) is 96.0 Å². The maximum Gasteiger partial charge on any atom is 0.264 e. The van der Waals surface area contributed by atoms with Crippen LogP contribution in [0.15, 0.2) is 77.7 Å². The van der Waals surface area contributed by atoms with E-state index in [0.29, 0.717) is 11.4 Å². The van der Waals surface area contributed by atoms with E-state index in [1.807, 2.05) is 38.1 Å². The third kappa shape index (κ3) is 7.50. The van der Waals surface area contributed by atoms with Crippen LogP contribution < -0.4 is 14.4 Å². The summed E-state index contributed by atoms with van der Waals surface area (Å²) in [6, 6.07) is 20.1. The average Bonchev–Trinajstić information content (AvgIpc) is 2.99. The van der Waals surface area contributed by atoms with E-state index >= 15 is 0 Å². The highest BCUT2D eigenvalue weighted by atomic mass is 32.2. The second-order valence-corrected chi connectivity index (χ2v) is 12.9. The Labute approximate surface area is 249 Å². The molecule has 8 nitrogen and oxygen atoms in total. The average molecular weight is 592 g/mol. The molecule has 0 radical (unpaired) electrons. The van der Waals surface area contributed by atoms with Gasteiger partial charge in [0, 0.05) is 12.6 Å². The Morgan fingerprint density at radius 1 is 0.952 bits per heavy atom. The van der Waals surface area contributed by atoms with Gasteiger partial charge in [0.15, 0.2) is 0 Å². The molecule has 3 aromatic rings. The molecule has 0 saturated heterocycles. The van der Waals surface area contributed by atoms with Crippen molar-refractivity contribution in [2.24, 2.45) is 0 Å². The van der Waals surface area contributed by atoms with Crippen molar-refractivity contribution in [2.75, 3.05) is 18.0 Å². The lowest BCUT2D eigenvalue weighted by Crippen LogP contribution is -2.53. The molecule has 3 aromatic carbocycles. The number of rotatable bonds is 11. The molecule has 0 bridgehead atoms. The molecule has 9 heteroatoms. The van der Waals surface area contributed by atoms with Gasteiger partial charge in [-0.2, -0.15) is 0 Å². The number of carbonyl (C=O) groups is 2. The molecule has 1 saturated carbocycles. The summed E-state index contributed by atoms with van der Waals surface area (Å²) in [5, 5.41) is 3.13. The molecule has 2 amide bonds. The minimum Gasteiger partial charge on any atom is -0.497 e. The maximum absolute atomic E-state index is 14.2. The zero-order valence-corrected chi connectivity index (χ0v) is 25.7. The van der Waals surface area contributed by atoms with E-state index < -0.39 is 28.5 Å². The second-order valence-electron chi connectivity index (χ2n) is 11.0. The predicted octanol–water partition coefficient (Wildman–Crippen LogP) is 5.37. The van der Waals surface area contributed by atoms with Gasteiger partial charge >= 0.3 is 0 Å². The molecule has 0 spiro atoms. The first kappa shape index (κ1) is 31.1. The van der Waals surface area contributed by atoms with Gasteiger partial charge in [-0.3, -0.25) is 13.9 Å². The fraction of sp³-hybridized carbons (Fsp3) is 0.394. The minimum atomic E-state index is -4.10. The van der Waals surface area contributed by atoms with Gasteiger partial charge in [0.1, 0.15) is 18.3 Å². The molecule has 1 unspecified atom stereocenters. The predicted molar refractivity (Wildman–Crippen MR) is 165 cm³/mol. The van der Waals surface area contributed by atoms with Crippen molar-refractivity contribution >= 4 is 27.5 Å². The van der Waals surface area contributed by atoms with Crippen LogP contribution in [-0.4, -0.2) is 50.9 Å². The van der Waals surface area contributed by atoms with Crippen molar-refractivity contribution in [2.45, 2.75) is 76.4 Å². The quantitative estimate of drug-likeness (QED) is 0.323. The number of aryl methyl sites for hydroxylation is 2. The van der Waals surface area contributed by atoms with Crippen molar-refractivity contribution in [3.63, 3.8) is 0 Å². The lowest BCUT2D eigenvalue weighted by Gasteiger charge is -2.33. The number of benzene rings is 3. The van der Waals surface area contributed by atoms with Crippen LogP contribution in [0.3, 0.4) is 0 Å². The van der Waals surface area contributed by atoms with Crippen LogP contribution in [-0.2, 0) is 26.2 Å². The van der Waals surface area contributed by atoms with Crippen molar-refractivity contribution in [1.82, 2.24) is 10.2 Å². The van der Waals surface area contributed by atoms with Gasteiger partial charge in [-0.25, -0.2) is 8.42 Å². The number of amides is 2. The summed E-state index contributed by atoms with van der Waals surface area (Å²) in [5.74, 6) is -0.0426. The van der Waals surface area contributed by atoms with Gasteiger partial charge in [-0.05, 0) is 75.1 Å². The summed E-state index contributed by atoms with van der Waals surface area (Å²) >= 11 is 0. The Bertz CT molecular complexity index is 1470. The molecule has 42 heavy (non-hydrogen) atoms. The number of nitrogens with zero attached hydrogens (tertiary/aromatic N) is 2. The lowest BCUT2D eigenvalue weighted by molar-refractivity contribution is -0.139. The number of hydrogen-bond acceptors (Lipinski definition) is 5. The molecule has 4 rings (SSSR count). The summed E-state index contributed by atoms with van der Waals surface area (Å²) in [6.07, 6.45) is 5.13. The molecule has 1 aliphatic rings. The summed E-state index contributed by atoms with van der Waals surface area (Å²) in [6.45, 7) is 5.14. The van der Waals surface area contributed by atoms with Gasteiger partial charge in [-0.15, -0.1) is 0 Å². The van der Waals surface area contributed by atoms with Crippen LogP contribution in [0.4, 0.5) is 5.69 Å². The first-order valence-corrected chi connectivity index (χ1v) is 15.9. The highest BCUT2D eigenvalue weighted by Crippen LogP contribution is 2.28. The largest absolute Gasteiger partial charge is 0.497 e. The van der Waals surface area contributed by atoms with Crippen molar-refractivity contribution in [3.8, 4) is 5.75 Å². The summed E-state index contributed by atoms with van der Waals surface area (Å²) in [5.41, 5.74) is 2.92. The molecule has 1 aliphatic carbocycles. The van der Waals surface area contributed by atoms with E-state index in [1.165, 1.54) is 17.0 Å². The van der Waals surface area contributed by atoms with Crippen LogP contribution in [0.25, 0.3) is 0 Å². The Morgan fingerprint density at radius 3 is 2.24 bits per heavy atom. The normalized spacial score (nSPS) is 14.6. The van der Waals surface area contributed by atoms with Gasteiger partial charge in [-0.1, -0.05) is 67.3 Å². The first-order valence-electron chi connectivity index (χ1n) is 14.5. The first-order chi connectivity index (χ1) is 20.1. The highest BCUT2D eigenvalue weighted by molar-refractivity contribution is 7.92. The summed E-state index contributed by atoms with van der Waals surface area (Å²) in [7, 11) is -2.52. The van der Waals surface area contributed by atoms with Crippen molar-refractivity contribution in [3.05, 3.63) is 89.5 Å². The van der Waals surface area contributed by atoms with E-state index in [4.69, 9.17) is 4.74 Å². The van der Waals surface area contributed by atoms with Gasteiger partial charge in [0.05, 0.1) is 17.7 Å². The SMILES string of the molecule is COc1ccc(CN(C(=O)CN(c2ccc(C)cc2C)S(=O)(=O)c2ccccc2)C(C)C(=O)NC2CCCCC2)cc1. The Kier molecular flexibility index (Phi) is 10.3. The fourth-order valence-electron chi connectivity index (χ4n) is 5.40. The molecule has 0 heterocycles. The molecule has 1 fully saturated rings.